The first kappa shape index (κ1) is 18.9. The number of benzene rings is 1. The number of thiazole rings is 1. The molecule has 7 heteroatoms. The summed E-state index contributed by atoms with van der Waals surface area (Å²) < 4.78 is 0. The molecule has 0 aliphatic carbocycles. The number of thioether (sulfide) groups is 1. The number of nitrogens with one attached hydrogen (secondary N) is 1. The van der Waals surface area contributed by atoms with Crippen molar-refractivity contribution >= 4 is 45.6 Å². The standard InChI is InChI=1S/C19H18ClN3OS2/c1-25-12-15(10-13-6-3-2-4-7-13)17(24)23-19-16(20)22-18(26-19)14-8-5-9-21-11-14/h2-9,11,15H,10,12H2,1H3,(H,23,24). The van der Waals surface area contributed by atoms with Gasteiger partial charge in [-0.3, -0.25) is 9.78 Å². The van der Waals surface area contributed by atoms with Crippen molar-refractivity contribution in [1.29, 1.82) is 0 Å². The van der Waals surface area contributed by atoms with E-state index >= 15 is 0 Å². The van der Waals surface area contributed by atoms with Gasteiger partial charge in [-0.15, -0.1) is 0 Å². The minimum absolute atomic E-state index is 0.0357. The molecule has 3 rings (SSSR count). The summed E-state index contributed by atoms with van der Waals surface area (Å²) in [7, 11) is 0. The van der Waals surface area contributed by atoms with Crippen LogP contribution in [0.15, 0.2) is 54.9 Å². The molecule has 0 spiro atoms. The lowest BCUT2D eigenvalue weighted by Crippen LogP contribution is -2.26. The van der Waals surface area contributed by atoms with Gasteiger partial charge in [0.15, 0.2) is 5.15 Å². The highest BCUT2D eigenvalue weighted by Crippen LogP contribution is 2.35. The number of halogens is 1. The van der Waals surface area contributed by atoms with E-state index in [0.29, 0.717) is 16.6 Å². The molecule has 0 radical (unpaired) electrons. The number of hydrogen-bond donors (Lipinski definition) is 1. The van der Waals surface area contributed by atoms with Crippen LogP contribution in [-0.2, 0) is 11.2 Å². The van der Waals surface area contributed by atoms with Crippen LogP contribution in [0.5, 0.6) is 0 Å². The molecular weight excluding hydrogens is 386 g/mol. The van der Waals surface area contributed by atoms with Crippen LogP contribution in [0, 0.1) is 5.92 Å². The van der Waals surface area contributed by atoms with E-state index in [0.717, 1.165) is 21.9 Å². The van der Waals surface area contributed by atoms with Crippen LogP contribution in [0.1, 0.15) is 5.56 Å². The topological polar surface area (TPSA) is 54.9 Å². The van der Waals surface area contributed by atoms with E-state index in [1.807, 2.05) is 48.7 Å². The van der Waals surface area contributed by atoms with Crippen molar-refractivity contribution in [1.82, 2.24) is 9.97 Å². The first-order chi connectivity index (χ1) is 12.7. The zero-order valence-corrected chi connectivity index (χ0v) is 16.6. The Morgan fingerprint density at radius 3 is 2.77 bits per heavy atom. The number of anilines is 1. The van der Waals surface area contributed by atoms with E-state index < -0.39 is 0 Å². The fraction of sp³-hybridized carbons (Fsp3) is 0.211. The van der Waals surface area contributed by atoms with E-state index in [1.54, 1.807) is 24.2 Å². The van der Waals surface area contributed by atoms with Crippen LogP contribution < -0.4 is 5.32 Å². The summed E-state index contributed by atoms with van der Waals surface area (Å²) in [4.78, 5) is 21.2. The Morgan fingerprint density at radius 2 is 2.08 bits per heavy atom. The summed E-state index contributed by atoms with van der Waals surface area (Å²) >= 11 is 9.26. The van der Waals surface area contributed by atoms with Crippen LogP contribution in [-0.4, -0.2) is 27.9 Å². The minimum Gasteiger partial charge on any atom is -0.315 e. The SMILES string of the molecule is CSCC(Cc1ccccc1)C(=O)Nc1sc(-c2cccnc2)nc1Cl. The molecule has 0 aliphatic rings. The van der Waals surface area contributed by atoms with Gasteiger partial charge in [0.25, 0.3) is 0 Å². The summed E-state index contributed by atoms with van der Waals surface area (Å²) in [6.07, 6.45) is 6.13. The van der Waals surface area contributed by atoms with Gasteiger partial charge >= 0.3 is 0 Å². The maximum Gasteiger partial charge on any atom is 0.229 e. The van der Waals surface area contributed by atoms with Crippen LogP contribution in [0.2, 0.25) is 5.15 Å². The number of aromatic nitrogens is 2. The van der Waals surface area contributed by atoms with Gasteiger partial charge in [-0.1, -0.05) is 53.3 Å². The number of nitrogens with zero attached hydrogens (tertiary/aromatic N) is 2. The number of carbonyl (C=O) groups excluding carboxylic acids is 1. The Hall–Kier alpha value is -1.89. The third-order valence-electron chi connectivity index (χ3n) is 3.79. The Bertz CT molecular complexity index is 856. The van der Waals surface area contributed by atoms with E-state index in [4.69, 9.17) is 11.6 Å². The highest BCUT2D eigenvalue weighted by molar-refractivity contribution is 7.98. The van der Waals surface area contributed by atoms with Gasteiger partial charge in [0.05, 0.1) is 5.92 Å². The fourth-order valence-electron chi connectivity index (χ4n) is 2.53. The molecule has 134 valence electrons. The molecule has 1 aromatic carbocycles. The normalized spacial score (nSPS) is 11.9. The maximum atomic E-state index is 12.8. The Morgan fingerprint density at radius 1 is 1.27 bits per heavy atom. The highest BCUT2D eigenvalue weighted by atomic mass is 35.5. The van der Waals surface area contributed by atoms with Crippen LogP contribution in [0.25, 0.3) is 10.6 Å². The fourth-order valence-corrected chi connectivity index (χ4v) is 4.35. The number of rotatable bonds is 7. The summed E-state index contributed by atoms with van der Waals surface area (Å²) in [6.45, 7) is 0. The molecule has 2 aromatic heterocycles. The van der Waals surface area contributed by atoms with Crippen molar-refractivity contribution in [3.05, 3.63) is 65.6 Å². The molecule has 1 N–H and O–H groups in total. The minimum atomic E-state index is -0.132. The zero-order chi connectivity index (χ0) is 18.4. The van der Waals surface area contributed by atoms with Crippen molar-refractivity contribution in [2.45, 2.75) is 6.42 Å². The second-order valence-corrected chi connectivity index (χ2v) is 7.98. The average molecular weight is 404 g/mol. The van der Waals surface area contributed by atoms with Gasteiger partial charge in [-0.25, -0.2) is 4.98 Å². The highest BCUT2D eigenvalue weighted by Gasteiger charge is 2.21. The maximum absolute atomic E-state index is 12.8. The van der Waals surface area contributed by atoms with Crippen molar-refractivity contribution in [3.8, 4) is 10.6 Å². The monoisotopic (exact) mass is 403 g/mol. The summed E-state index contributed by atoms with van der Waals surface area (Å²) in [5.74, 6) is 0.575. The van der Waals surface area contributed by atoms with Crippen LogP contribution in [0.4, 0.5) is 5.00 Å². The van der Waals surface area contributed by atoms with Crippen molar-refractivity contribution < 1.29 is 4.79 Å². The number of pyridine rings is 1. The lowest BCUT2D eigenvalue weighted by Gasteiger charge is -2.15. The molecule has 1 atom stereocenters. The van der Waals surface area contributed by atoms with Gasteiger partial charge in [0.1, 0.15) is 10.0 Å². The summed E-state index contributed by atoms with van der Waals surface area (Å²) in [5.41, 5.74) is 2.03. The molecular formula is C19H18ClN3OS2. The summed E-state index contributed by atoms with van der Waals surface area (Å²) in [6, 6.07) is 13.8. The summed E-state index contributed by atoms with van der Waals surface area (Å²) in [5, 5.41) is 4.58. The predicted octanol–water partition coefficient (Wildman–Crippen LogP) is 5.02. The predicted molar refractivity (Wildman–Crippen MR) is 111 cm³/mol. The van der Waals surface area contributed by atoms with Gasteiger partial charge in [-0.2, -0.15) is 11.8 Å². The largest absolute Gasteiger partial charge is 0.315 e. The molecule has 1 amide bonds. The molecule has 3 aromatic rings. The molecule has 1 unspecified atom stereocenters. The Balaban J connectivity index is 1.74. The molecule has 0 fully saturated rings. The molecule has 26 heavy (non-hydrogen) atoms. The van der Waals surface area contributed by atoms with E-state index in [2.05, 4.69) is 15.3 Å². The number of carbonyl (C=O) groups is 1. The van der Waals surface area contributed by atoms with Crippen LogP contribution in [0.3, 0.4) is 0 Å². The van der Waals surface area contributed by atoms with E-state index in [1.165, 1.54) is 11.3 Å². The van der Waals surface area contributed by atoms with Crippen molar-refractivity contribution in [2.24, 2.45) is 5.92 Å². The van der Waals surface area contributed by atoms with Gasteiger partial charge < -0.3 is 5.32 Å². The third-order valence-corrected chi connectivity index (χ3v) is 5.94. The first-order valence-electron chi connectivity index (χ1n) is 8.08. The molecule has 0 saturated heterocycles. The van der Waals surface area contributed by atoms with Crippen molar-refractivity contribution in [2.75, 3.05) is 17.3 Å². The smallest absolute Gasteiger partial charge is 0.229 e. The second kappa shape index (κ2) is 9.16. The lowest BCUT2D eigenvalue weighted by molar-refractivity contribution is -0.119. The van der Waals surface area contributed by atoms with Gasteiger partial charge in [-0.05, 0) is 30.4 Å². The van der Waals surface area contributed by atoms with E-state index in [-0.39, 0.29) is 11.8 Å². The van der Waals surface area contributed by atoms with Gasteiger partial charge in [0.2, 0.25) is 5.91 Å². The number of amides is 1. The quantitative estimate of drug-likeness (QED) is 0.601. The molecule has 0 bridgehead atoms. The zero-order valence-electron chi connectivity index (χ0n) is 14.2. The van der Waals surface area contributed by atoms with E-state index in [9.17, 15) is 4.79 Å². The lowest BCUT2D eigenvalue weighted by atomic mass is 10.0. The molecule has 2 heterocycles. The Labute approximate surface area is 166 Å². The second-order valence-electron chi connectivity index (χ2n) is 5.71. The van der Waals surface area contributed by atoms with Gasteiger partial charge in [0, 0.05) is 23.7 Å². The third kappa shape index (κ3) is 4.84. The first-order valence-corrected chi connectivity index (χ1v) is 10.7. The molecule has 0 aliphatic heterocycles. The van der Waals surface area contributed by atoms with Crippen LogP contribution >= 0.6 is 34.7 Å². The Kier molecular flexibility index (Phi) is 6.66. The van der Waals surface area contributed by atoms with Crippen molar-refractivity contribution in [3.63, 3.8) is 0 Å². The average Bonchev–Trinajstić information content (AvgIpc) is 3.03. The molecule has 0 saturated carbocycles. The number of hydrogen-bond acceptors (Lipinski definition) is 5. The molecule has 4 nitrogen and oxygen atoms in total.